The molecule has 3 heteroatoms. The second-order valence-electron chi connectivity index (χ2n) is 3.60. The highest BCUT2D eigenvalue weighted by Gasteiger charge is 2.32. The molecule has 0 bridgehead atoms. The van der Waals surface area contributed by atoms with Crippen molar-refractivity contribution < 1.29 is 9.53 Å². The van der Waals surface area contributed by atoms with Gasteiger partial charge in [-0.1, -0.05) is 29.8 Å². The van der Waals surface area contributed by atoms with E-state index in [0.717, 1.165) is 5.56 Å². The van der Waals surface area contributed by atoms with E-state index in [2.05, 4.69) is 0 Å². The zero-order valence-corrected chi connectivity index (χ0v) is 9.26. The third kappa shape index (κ3) is 1.90. The number of hydrogen-bond acceptors (Lipinski definition) is 2. The summed E-state index contributed by atoms with van der Waals surface area (Å²) in [4.78, 5) is 11.5. The molecule has 0 N–H and O–H groups in total. The van der Waals surface area contributed by atoms with E-state index in [1.807, 2.05) is 18.2 Å². The lowest BCUT2D eigenvalue weighted by Crippen LogP contribution is -2.30. The molecule has 2 nitrogen and oxygen atoms in total. The zero-order chi connectivity index (χ0) is 10.8. The SMILES string of the molecule is COC(=O)C(C)(C)c1ccccc1Cl. The number of benzene rings is 1. The molecule has 0 unspecified atom stereocenters. The average Bonchev–Trinajstić information content (AvgIpc) is 2.17. The number of carbonyl (C=O) groups is 1. The van der Waals surface area contributed by atoms with Gasteiger partial charge in [0.05, 0.1) is 12.5 Å². The van der Waals surface area contributed by atoms with Crippen LogP contribution in [0.1, 0.15) is 19.4 Å². The van der Waals surface area contributed by atoms with Crippen molar-refractivity contribution >= 4 is 17.6 Å². The summed E-state index contributed by atoms with van der Waals surface area (Å²) >= 11 is 6.00. The van der Waals surface area contributed by atoms with E-state index in [-0.39, 0.29) is 5.97 Å². The molecule has 0 saturated heterocycles. The lowest BCUT2D eigenvalue weighted by Gasteiger charge is -2.22. The highest BCUT2D eigenvalue weighted by molar-refractivity contribution is 6.31. The smallest absolute Gasteiger partial charge is 0.315 e. The maximum atomic E-state index is 11.5. The summed E-state index contributed by atoms with van der Waals surface area (Å²) in [5.41, 5.74) is 0.0844. The minimum absolute atomic E-state index is 0.286. The Morgan fingerprint density at radius 2 is 1.93 bits per heavy atom. The van der Waals surface area contributed by atoms with E-state index in [1.165, 1.54) is 7.11 Å². The van der Waals surface area contributed by atoms with E-state index < -0.39 is 5.41 Å². The Kier molecular flexibility index (Phi) is 3.17. The van der Waals surface area contributed by atoms with Crippen LogP contribution in [-0.4, -0.2) is 13.1 Å². The van der Waals surface area contributed by atoms with E-state index in [4.69, 9.17) is 16.3 Å². The number of halogens is 1. The molecule has 1 rings (SSSR count). The molecule has 0 radical (unpaired) electrons. The van der Waals surface area contributed by atoms with Gasteiger partial charge in [-0.25, -0.2) is 0 Å². The molecule has 0 aliphatic carbocycles. The fourth-order valence-corrected chi connectivity index (χ4v) is 1.71. The van der Waals surface area contributed by atoms with Crippen molar-refractivity contribution in [2.75, 3.05) is 7.11 Å². The highest BCUT2D eigenvalue weighted by atomic mass is 35.5. The summed E-state index contributed by atoms with van der Waals surface area (Å²) < 4.78 is 4.73. The summed E-state index contributed by atoms with van der Waals surface area (Å²) in [6.07, 6.45) is 0. The Morgan fingerprint density at radius 3 is 2.43 bits per heavy atom. The van der Waals surface area contributed by atoms with Crippen LogP contribution in [0.3, 0.4) is 0 Å². The van der Waals surface area contributed by atoms with Gasteiger partial charge >= 0.3 is 5.97 Å². The summed E-state index contributed by atoms with van der Waals surface area (Å²) in [7, 11) is 1.38. The van der Waals surface area contributed by atoms with Gasteiger partial charge in [-0.2, -0.15) is 0 Å². The molecule has 0 aliphatic rings. The van der Waals surface area contributed by atoms with Crippen molar-refractivity contribution in [2.45, 2.75) is 19.3 Å². The van der Waals surface area contributed by atoms with Gasteiger partial charge < -0.3 is 4.74 Å². The van der Waals surface area contributed by atoms with Crippen LogP contribution in [-0.2, 0) is 14.9 Å². The first kappa shape index (κ1) is 11.1. The summed E-state index contributed by atoms with van der Waals surface area (Å²) in [5.74, 6) is -0.286. The molecule has 76 valence electrons. The minimum atomic E-state index is -0.701. The van der Waals surface area contributed by atoms with Crippen LogP contribution in [0.4, 0.5) is 0 Å². The van der Waals surface area contributed by atoms with Gasteiger partial charge in [-0.05, 0) is 25.5 Å². The predicted molar refractivity (Wildman–Crippen MR) is 56.5 cm³/mol. The molecule has 0 fully saturated rings. The van der Waals surface area contributed by atoms with Crippen molar-refractivity contribution in [3.05, 3.63) is 34.9 Å². The molecule has 0 spiro atoms. The van der Waals surface area contributed by atoms with Crippen LogP contribution in [0.25, 0.3) is 0 Å². The number of esters is 1. The lowest BCUT2D eigenvalue weighted by atomic mass is 9.85. The Hall–Kier alpha value is -1.02. The number of carbonyl (C=O) groups excluding carboxylic acids is 1. The molecular formula is C11H13ClO2. The summed E-state index contributed by atoms with van der Waals surface area (Å²) in [6, 6.07) is 7.28. The van der Waals surface area contributed by atoms with E-state index in [1.54, 1.807) is 19.9 Å². The first-order chi connectivity index (χ1) is 6.50. The third-order valence-corrected chi connectivity index (χ3v) is 2.57. The molecule has 1 aromatic carbocycles. The van der Waals surface area contributed by atoms with E-state index >= 15 is 0 Å². The lowest BCUT2D eigenvalue weighted by molar-refractivity contribution is -0.146. The van der Waals surface area contributed by atoms with Gasteiger partial charge in [0.2, 0.25) is 0 Å². The van der Waals surface area contributed by atoms with Crippen molar-refractivity contribution in [3.8, 4) is 0 Å². The molecule has 0 heterocycles. The second kappa shape index (κ2) is 4.01. The third-order valence-electron chi connectivity index (χ3n) is 2.24. The van der Waals surface area contributed by atoms with Gasteiger partial charge in [-0.15, -0.1) is 0 Å². The van der Waals surface area contributed by atoms with Crippen LogP contribution in [0.2, 0.25) is 5.02 Å². The van der Waals surface area contributed by atoms with E-state index in [0.29, 0.717) is 5.02 Å². The van der Waals surface area contributed by atoms with Gasteiger partial charge in [0.25, 0.3) is 0 Å². The topological polar surface area (TPSA) is 26.3 Å². The average molecular weight is 213 g/mol. The van der Waals surface area contributed by atoms with Crippen LogP contribution < -0.4 is 0 Å². The maximum absolute atomic E-state index is 11.5. The molecule has 0 aliphatic heterocycles. The first-order valence-electron chi connectivity index (χ1n) is 4.33. The number of methoxy groups -OCH3 is 1. The van der Waals surface area contributed by atoms with Gasteiger partial charge in [0.1, 0.15) is 0 Å². The first-order valence-corrected chi connectivity index (χ1v) is 4.71. The van der Waals surface area contributed by atoms with Crippen molar-refractivity contribution in [2.24, 2.45) is 0 Å². The molecule has 0 atom stereocenters. The molecule has 1 aromatic rings. The van der Waals surface area contributed by atoms with Crippen LogP contribution in [0.5, 0.6) is 0 Å². The Bertz CT molecular complexity index is 345. The van der Waals surface area contributed by atoms with Crippen LogP contribution in [0, 0.1) is 0 Å². The standard InChI is InChI=1S/C11H13ClO2/c1-11(2,10(13)14-3)8-6-4-5-7-9(8)12/h4-7H,1-3H3. The molecule has 14 heavy (non-hydrogen) atoms. The minimum Gasteiger partial charge on any atom is -0.468 e. The Labute approximate surface area is 88.8 Å². The monoisotopic (exact) mass is 212 g/mol. The van der Waals surface area contributed by atoms with Crippen LogP contribution >= 0.6 is 11.6 Å². The van der Waals surface area contributed by atoms with Gasteiger partial charge in [0, 0.05) is 5.02 Å². The largest absolute Gasteiger partial charge is 0.468 e. The Balaban J connectivity index is 3.16. The maximum Gasteiger partial charge on any atom is 0.315 e. The number of rotatable bonds is 2. The second-order valence-corrected chi connectivity index (χ2v) is 4.00. The molecular weight excluding hydrogens is 200 g/mol. The fraction of sp³-hybridized carbons (Fsp3) is 0.364. The Morgan fingerprint density at radius 1 is 1.36 bits per heavy atom. The summed E-state index contributed by atoms with van der Waals surface area (Å²) in [5, 5.41) is 0.586. The fourth-order valence-electron chi connectivity index (χ4n) is 1.33. The normalized spacial score (nSPS) is 11.1. The number of ether oxygens (including phenoxy) is 1. The highest BCUT2D eigenvalue weighted by Crippen LogP contribution is 2.30. The number of hydrogen-bond donors (Lipinski definition) is 0. The van der Waals surface area contributed by atoms with Gasteiger partial charge in [0.15, 0.2) is 0 Å². The van der Waals surface area contributed by atoms with Crippen molar-refractivity contribution in [3.63, 3.8) is 0 Å². The van der Waals surface area contributed by atoms with Crippen molar-refractivity contribution in [1.82, 2.24) is 0 Å². The zero-order valence-electron chi connectivity index (χ0n) is 8.50. The van der Waals surface area contributed by atoms with Crippen LogP contribution in [0.15, 0.2) is 24.3 Å². The van der Waals surface area contributed by atoms with E-state index in [9.17, 15) is 4.79 Å². The molecule has 0 amide bonds. The van der Waals surface area contributed by atoms with Crippen molar-refractivity contribution in [1.29, 1.82) is 0 Å². The summed E-state index contributed by atoms with van der Waals surface area (Å²) in [6.45, 7) is 3.58. The predicted octanol–water partition coefficient (Wildman–Crippen LogP) is 2.79. The molecule has 0 saturated carbocycles. The van der Waals surface area contributed by atoms with Gasteiger partial charge in [-0.3, -0.25) is 4.79 Å². The molecule has 0 aromatic heterocycles. The quantitative estimate of drug-likeness (QED) is 0.705.